The number of hydrogen-bond donors (Lipinski definition) is 1. The number of imide groups is 1. The predicted molar refractivity (Wildman–Crippen MR) is 171 cm³/mol. The third-order valence-corrected chi connectivity index (χ3v) is 5.22. The highest BCUT2D eigenvalue weighted by molar-refractivity contribution is 6.12. The van der Waals surface area contributed by atoms with Crippen molar-refractivity contribution >= 4 is 46.8 Å². The number of amides is 2. The van der Waals surface area contributed by atoms with Crippen molar-refractivity contribution in [2.45, 2.75) is 74.0 Å². The number of carbonyl (C=O) groups is 4. The van der Waals surface area contributed by atoms with E-state index in [0.717, 1.165) is 4.90 Å². The van der Waals surface area contributed by atoms with E-state index in [1.165, 1.54) is 37.1 Å². The number of nitrogens with zero attached hydrogens (tertiary/aromatic N) is 5. The molecule has 2 N–H and O–H groups in total. The molecule has 0 atom stereocenters. The van der Waals surface area contributed by atoms with Crippen LogP contribution < -0.4 is 10.6 Å². The van der Waals surface area contributed by atoms with Gasteiger partial charge in [0.15, 0.2) is 11.3 Å². The molecule has 14 heteroatoms. The van der Waals surface area contributed by atoms with Gasteiger partial charge in [0.2, 0.25) is 0 Å². The summed E-state index contributed by atoms with van der Waals surface area (Å²) in [6, 6.07) is 2.89. The Kier molecular flexibility index (Phi) is 13.1. The van der Waals surface area contributed by atoms with Crippen LogP contribution in [0.15, 0.2) is 49.3 Å². The average molecular weight is 629 g/mol. The Morgan fingerprint density at radius 2 is 1.13 bits per heavy atom. The highest BCUT2D eigenvalue weighted by atomic mass is 16.6. The second-order valence-corrected chi connectivity index (χ2v) is 10.9. The lowest BCUT2D eigenvalue weighted by molar-refractivity contribution is 0.0428. The van der Waals surface area contributed by atoms with Crippen molar-refractivity contribution in [1.29, 1.82) is 0 Å². The van der Waals surface area contributed by atoms with Crippen LogP contribution in [0.25, 0.3) is 11.3 Å². The van der Waals surface area contributed by atoms with Crippen molar-refractivity contribution < 1.29 is 38.1 Å². The molecular weight excluding hydrogens is 584 g/mol. The molecular formula is C31H44N6O8. The fraction of sp³-hybridized carbons (Fsp3) is 0.419. The van der Waals surface area contributed by atoms with Crippen LogP contribution in [-0.2, 0) is 18.9 Å². The van der Waals surface area contributed by atoms with Gasteiger partial charge >= 0.3 is 24.1 Å². The van der Waals surface area contributed by atoms with Crippen LogP contribution in [0, 0.1) is 0 Å². The maximum absolute atomic E-state index is 12.9. The minimum Gasteiger partial charge on any atom is -0.465 e. The van der Waals surface area contributed by atoms with Crippen molar-refractivity contribution in [2.24, 2.45) is 0 Å². The van der Waals surface area contributed by atoms with E-state index in [2.05, 4.69) is 14.7 Å². The molecule has 0 bridgehead atoms. The molecule has 4 rings (SSSR count). The molecule has 0 aliphatic rings. The Bertz CT molecular complexity index is 1600. The van der Waals surface area contributed by atoms with E-state index >= 15 is 0 Å². The predicted octanol–water partition coefficient (Wildman–Crippen LogP) is 6.16. The smallest absolute Gasteiger partial charge is 0.424 e. The Balaban J connectivity index is 0.000000498. The van der Waals surface area contributed by atoms with Crippen LogP contribution in [0.5, 0.6) is 0 Å². The summed E-state index contributed by atoms with van der Waals surface area (Å²) >= 11 is 0. The first-order valence-electron chi connectivity index (χ1n) is 13.7. The number of rotatable bonds is 3. The maximum Gasteiger partial charge on any atom is 0.424 e. The van der Waals surface area contributed by atoms with Crippen molar-refractivity contribution in [2.75, 3.05) is 24.9 Å². The monoisotopic (exact) mass is 628 g/mol. The summed E-state index contributed by atoms with van der Waals surface area (Å²) in [6.45, 7) is 14.0. The minimum atomic E-state index is -0.950. The SMILES string of the molecule is C.CC.COC(=O)c1cc(N(C(=O)OC(C)(C)C)C(=O)OC(C)(C)C)c2nccn2c1.COC(=O)c1cc(N)c2nccn2c1. The molecule has 2 amide bonds. The van der Waals surface area contributed by atoms with Crippen molar-refractivity contribution in [3.63, 3.8) is 0 Å². The summed E-state index contributed by atoms with van der Waals surface area (Å²) in [5.41, 5.74) is 5.92. The molecule has 14 nitrogen and oxygen atoms in total. The van der Waals surface area contributed by atoms with Gasteiger partial charge in [-0.2, -0.15) is 4.90 Å². The number of aromatic nitrogens is 4. The molecule has 45 heavy (non-hydrogen) atoms. The van der Waals surface area contributed by atoms with Crippen LogP contribution in [0.1, 0.15) is 83.5 Å². The zero-order chi connectivity index (χ0) is 33.4. The van der Waals surface area contributed by atoms with E-state index in [1.807, 2.05) is 13.8 Å². The van der Waals surface area contributed by atoms with Gasteiger partial charge in [-0.15, -0.1) is 0 Å². The lowest BCUT2D eigenvalue weighted by Crippen LogP contribution is -2.44. The summed E-state index contributed by atoms with van der Waals surface area (Å²) in [4.78, 5) is 57.9. The lowest BCUT2D eigenvalue weighted by Gasteiger charge is -2.28. The molecule has 0 unspecified atom stereocenters. The number of methoxy groups -OCH3 is 2. The van der Waals surface area contributed by atoms with Gasteiger partial charge in [-0.25, -0.2) is 29.1 Å². The van der Waals surface area contributed by atoms with Gasteiger partial charge in [-0.05, 0) is 53.7 Å². The van der Waals surface area contributed by atoms with E-state index in [-0.39, 0.29) is 24.3 Å². The Hall–Kier alpha value is -5.14. The molecule has 0 fully saturated rings. The van der Waals surface area contributed by atoms with Crippen LogP contribution in [0.2, 0.25) is 0 Å². The quantitative estimate of drug-likeness (QED) is 0.203. The number of ether oxygens (including phenoxy) is 4. The number of anilines is 2. The van der Waals surface area contributed by atoms with Crippen LogP contribution in [-0.4, -0.2) is 68.3 Å². The van der Waals surface area contributed by atoms with Crippen LogP contribution in [0.3, 0.4) is 0 Å². The second-order valence-electron chi connectivity index (χ2n) is 10.9. The first-order chi connectivity index (χ1) is 20.5. The molecule has 0 saturated heterocycles. The second kappa shape index (κ2) is 15.5. The van der Waals surface area contributed by atoms with E-state index in [4.69, 9.17) is 19.9 Å². The summed E-state index contributed by atoms with van der Waals surface area (Å²) in [5, 5.41) is 0. The highest BCUT2D eigenvalue weighted by Gasteiger charge is 2.35. The number of nitrogen functional groups attached to an aromatic ring is 1. The first-order valence-corrected chi connectivity index (χ1v) is 13.7. The summed E-state index contributed by atoms with van der Waals surface area (Å²) in [5.74, 6) is -1.04. The van der Waals surface area contributed by atoms with E-state index in [0.29, 0.717) is 16.9 Å². The van der Waals surface area contributed by atoms with Gasteiger partial charge in [0.25, 0.3) is 0 Å². The number of fused-ring (bicyclic) bond motifs is 2. The van der Waals surface area contributed by atoms with Crippen LogP contribution >= 0.6 is 0 Å². The number of esters is 2. The molecule has 4 aromatic rings. The number of nitrogens with two attached hydrogens (primary N) is 1. The zero-order valence-electron chi connectivity index (χ0n) is 26.7. The number of hydrogen-bond acceptors (Lipinski definition) is 11. The fourth-order valence-electron chi connectivity index (χ4n) is 3.58. The standard InChI is InChI=1S/C19H25N3O6.C9H9N3O2.C2H6.CH4/c1-18(2,3)27-16(24)22(17(25)28-19(4,5)6)13-10-12(15(23)26-7)11-21-9-8-20-14(13)21;1-14-9(13)6-4-7(10)8-11-2-3-12(8)5-6;1-2;/h8-11H,1-7H3;2-5H,10H2,1H3;1-2H3;1H4. The highest BCUT2D eigenvalue weighted by Crippen LogP contribution is 2.27. The average Bonchev–Trinajstić information content (AvgIpc) is 3.61. The van der Waals surface area contributed by atoms with Crippen molar-refractivity contribution in [3.05, 3.63) is 60.4 Å². The Labute approximate surface area is 263 Å². The van der Waals surface area contributed by atoms with Gasteiger partial charge in [-0.1, -0.05) is 21.3 Å². The fourth-order valence-corrected chi connectivity index (χ4v) is 3.58. The van der Waals surface area contributed by atoms with Gasteiger partial charge < -0.3 is 33.5 Å². The summed E-state index contributed by atoms with van der Waals surface area (Å²) < 4.78 is 23.3. The van der Waals surface area contributed by atoms with Gasteiger partial charge in [-0.3, -0.25) is 0 Å². The molecule has 0 aliphatic heterocycles. The topological polar surface area (TPSA) is 169 Å². The number of pyridine rings is 2. The third-order valence-electron chi connectivity index (χ3n) is 5.22. The zero-order valence-corrected chi connectivity index (χ0v) is 26.7. The van der Waals surface area contributed by atoms with Gasteiger partial charge in [0, 0.05) is 37.2 Å². The largest absolute Gasteiger partial charge is 0.465 e. The Morgan fingerprint density at radius 3 is 1.56 bits per heavy atom. The molecule has 4 heterocycles. The molecule has 0 saturated carbocycles. The summed E-state index contributed by atoms with van der Waals surface area (Å²) in [7, 11) is 2.57. The summed E-state index contributed by atoms with van der Waals surface area (Å²) in [6.07, 6.45) is 7.60. The maximum atomic E-state index is 12.9. The van der Waals surface area contributed by atoms with Crippen molar-refractivity contribution in [1.82, 2.24) is 18.8 Å². The lowest BCUT2D eigenvalue weighted by atomic mass is 10.2. The third kappa shape index (κ3) is 9.95. The number of imidazole rings is 2. The van der Waals surface area contributed by atoms with Crippen LogP contribution in [0.4, 0.5) is 21.0 Å². The Morgan fingerprint density at radius 1 is 0.733 bits per heavy atom. The number of carbonyl (C=O) groups excluding carboxylic acids is 4. The van der Waals surface area contributed by atoms with E-state index in [9.17, 15) is 19.2 Å². The minimum absolute atomic E-state index is 0. The van der Waals surface area contributed by atoms with E-state index in [1.54, 1.807) is 76.8 Å². The first kappa shape index (κ1) is 37.9. The van der Waals surface area contributed by atoms with Gasteiger partial charge in [0.1, 0.15) is 16.9 Å². The van der Waals surface area contributed by atoms with Crippen molar-refractivity contribution in [3.8, 4) is 0 Å². The normalized spacial score (nSPS) is 10.7. The molecule has 246 valence electrons. The van der Waals surface area contributed by atoms with E-state index < -0.39 is 35.3 Å². The molecule has 0 aromatic carbocycles. The molecule has 4 aromatic heterocycles. The molecule has 0 spiro atoms. The molecule has 0 radical (unpaired) electrons. The van der Waals surface area contributed by atoms with Gasteiger partial charge in [0.05, 0.1) is 31.0 Å². The molecule has 0 aliphatic carbocycles.